The highest BCUT2D eigenvalue weighted by atomic mass is 16.3. The lowest BCUT2D eigenvalue weighted by Gasteiger charge is -2.18. The third-order valence-corrected chi connectivity index (χ3v) is 2.64. The Hall–Kier alpha value is -0.870. The molecule has 0 saturated heterocycles. The Kier molecular flexibility index (Phi) is 4.10. The van der Waals surface area contributed by atoms with Crippen LogP contribution in [0, 0.1) is 5.92 Å². The normalized spacial score (nSPS) is 15.4. The van der Waals surface area contributed by atoms with Crippen LogP contribution in [0.2, 0.25) is 0 Å². The van der Waals surface area contributed by atoms with Gasteiger partial charge in [-0.2, -0.15) is 0 Å². The summed E-state index contributed by atoms with van der Waals surface area (Å²) in [5.74, 6) is 1.29. The van der Waals surface area contributed by atoms with Gasteiger partial charge in [-0.05, 0) is 12.8 Å². The van der Waals surface area contributed by atoms with Gasteiger partial charge in [0.05, 0.1) is 6.54 Å². The Bertz CT molecular complexity index is 272. The van der Waals surface area contributed by atoms with Gasteiger partial charge < -0.3 is 15.0 Å². The van der Waals surface area contributed by atoms with Crippen molar-refractivity contribution in [1.29, 1.82) is 0 Å². The van der Waals surface area contributed by atoms with Crippen LogP contribution in [0.3, 0.4) is 0 Å². The fraction of sp³-hybridized carbons (Fsp3) is 0.700. The van der Waals surface area contributed by atoms with Gasteiger partial charge in [0, 0.05) is 32.1 Å². The molecule has 0 aliphatic rings. The molecule has 4 nitrogen and oxygen atoms in total. The van der Waals surface area contributed by atoms with Gasteiger partial charge in [0.15, 0.2) is 0 Å². The minimum atomic E-state index is 0.217. The molecule has 2 unspecified atom stereocenters. The Balaban J connectivity index is 2.37. The first-order valence-electron chi connectivity index (χ1n) is 4.95. The molecule has 4 heteroatoms. The highest BCUT2D eigenvalue weighted by Crippen LogP contribution is 2.02. The Labute approximate surface area is 85.0 Å². The number of hydrogen-bond acceptors (Lipinski definition) is 3. The van der Waals surface area contributed by atoms with Crippen LogP contribution in [-0.4, -0.2) is 27.3 Å². The van der Waals surface area contributed by atoms with Gasteiger partial charge >= 0.3 is 0 Å². The first-order valence-corrected chi connectivity index (χ1v) is 4.95. The second-order valence-corrected chi connectivity index (χ2v) is 3.78. The molecule has 1 heterocycles. The molecule has 1 aromatic rings. The Morgan fingerprint density at radius 1 is 1.57 bits per heavy atom. The first-order chi connectivity index (χ1) is 6.65. The summed E-state index contributed by atoms with van der Waals surface area (Å²) in [6.45, 7) is 5.06. The molecule has 0 aliphatic heterocycles. The van der Waals surface area contributed by atoms with Gasteiger partial charge in [-0.15, -0.1) is 0 Å². The summed E-state index contributed by atoms with van der Waals surface area (Å²) in [6, 6.07) is 0.302. The number of hydrogen-bond donors (Lipinski definition) is 2. The van der Waals surface area contributed by atoms with E-state index in [0.717, 1.165) is 12.4 Å². The number of rotatable bonds is 5. The lowest BCUT2D eigenvalue weighted by Crippen LogP contribution is -2.34. The molecular weight excluding hydrogens is 178 g/mol. The summed E-state index contributed by atoms with van der Waals surface area (Å²) in [4.78, 5) is 4.21. The number of aromatic nitrogens is 2. The predicted octanol–water partition coefficient (Wildman–Crippen LogP) is 0.527. The molecule has 1 rings (SSSR count). The molecule has 0 saturated carbocycles. The van der Waals surface area contributed by atoms with Crippen LogP contribution >= 0.6 is 0 Å². The van der Waals surface area contributed by atoms with E-state index in [1.54, 1.807) is 6.20 Å². The quantitative estimate of drug-likeness (QED) is 0.724. The zero-order valence-electron chi connectivity index (χ0n) is 9.07. The number of imidazole rings is 1. The maximum atomic E-state index is 8.96. The van der Waals surface area contributed by atoms with Crippen molar-refractivity contribution >= 4 is 0 Å². The Morgan fingerprint density at radius 3 is 2.79 bits per heavy atom. The molecule has 14 heavy (non-hydrogen) atoms. The average Bonchev–Trinajstić information content (AvgIpc) is 2.59. The summed E-state index contributed by atoms with van der Waals surface area (Å²) in [5, 5.41) is 12.3. The lowest BCUT2D eigenvalue weighted by atomic mass is 10.1. The van der Waals surface area contributed by atoms with E-state index in [0.29, 0.717) is 6.04 Å². The van der Waals surface area contributed by atoms with E-state index in [4.69, 9.17) is 5.11 Å². The van der Waals surface area contributed by atoms with Crippen LogP contribution in [0.25, 0.3) is 0 Å². The second-order valence-electron chi connectivity index (χ2n) is 3.78. The minimum Gasteiger partial charge on any atom is -0.396 e. The summed E-state index contributed by atoms with van der Waals surface area (Å²) < 4.78 is 1.99. The van der Waals surface area contributed by atoms with Crippen LogP contribution in [0.5, 0.6) is 0 Å². The number of aliphatic hydroxyl groups excluding tert-OH is 1. The van der Waals surface area contributed by atoms with Gasteiger partial charge in [-0.25, -0.2) is 4.98 Å². The van der Waals surface area contributed by atoms with Crippen molar-refractivity contribution in [2.24, 2.45) is 13.0 Å². The minimum absolute atomic E-state index is 0.217. The van der Waals surface area contributed by atoms with E-state index in [1.807, 2.05) is 24.7 Å². The zero-order chi connectivity index (χ0) is 10.6. The summed E-state index contributed by atoms with van der Waals surface area (Å²) in [7, 11) is 1.98. The van der Waals surface area contributed by atoms with E-state index >= 15 is 0 Å². The molecule has 1 aromatic heterocycles. The van der Waals surface area contributed by atoms with Crippen molar-refractivity contribution in [3.63, 3.8) is 0 Å². The van der Waals surface area contributed by atoms with Crippen molar-refractivity contribution in [1.82, 2.24) is 14.9 Å². The molecule has 2 N–H and O–H groups in total. The van der Waals surface area contributed by atoms with Crippen molar-refractivity contribution < 1.29 is 5.11 Å². The second kappa shape index (κ2) is 5.12. The highest BCUT2D eigenvalue weighted by molar-refractivity contribution is 4.90. The fourth-order valence-electron chi connectivity index (χ4n) is 1.18. The number of nitrogens with zero attached hydrogens (tertiary/aromatic N) is 2. The van der Waals surface area contributed by atoms with Gasteiger partial charge in [-0.1, -0.05) is 6.92 Å². The van der Waals surface area contributed by atoms with Gasteiger partial charge in [0.25, 0.3) is 0 Å². The van der Waals surface area contributed by atoms with E-state index in [2.05, 4.69) is 17.2 Å². The predicted molar refractivity (Wildman–Crippen MR) is 55.8 cm³/mol. The molecule has 0 radical (unpaired) electrons. The molecule has 80 valence electrons. The molecule has 0 aliphatic carbocycles. The van der Waals surface area contributed by atoms with Crippen LogP contribution in [-0.2, 0) is 13.6 Å². The van der Waals surface area contributed by atoms with E-state index < -0.39 is 0 Å². The zero-order valence-corrected chi connectivity index (χ0v) is 9.07. The van der Waals surface area contributed by atoms with E-state index in [1.165, 1.54) is 0 Å². The third-order valence-electron chi connectivity index (χ3n) is 2.64. The summed E-state index contributed by atoms with van der Waals surface area (Å²) >= 11 is 0. The molecular formula is C10H19N3O. The average molecular weight is 197 g/mol. The summed E-state index contributed by atoms with van der Waals surface area (Å²) in [6.07, 6.45) is 3.72. The molecule has 2 atom stereocenters. The van der Waals surface area contributed by atoms with Crippen LogP contribution in [0.1, 0.15) is 19.7 Å². The molecule has 0 bridgehead atoms. The van der Waals surface area contributed by atoms with Gasteiger partial charge in [-0.3, -0.25) is 0 Å². The number of aliphatic hydroxyl groups is 1. The summed E-state index contributed by atoms with van der Waals surface area (Å²) in [5.41, 5.74) is 0. The van der Waals surface area contributed by atoms with Crippen LogP contribution in [0.15, 0.2) is 12.4 Å². The third kappa shape index (κ3) is 2.82. The van der Waals surface area contributed by atoms with E-state index in [9.17, 15) is 0 Å². The van der Waals surface area contributed by atoms with Crippen molar-refractivity contribution in [2.75, 3.05) is 6.61 Å². The largest absolute Gasteiger partial charge is 0.396 e. The fourth-order valence-corrected chi connectivity index (χ4v) is 1.18. The molecule has 0 fully saturated rings. The Morgan fingerprint density at radius 2 is 2.29 bits per heavy atom. The maximum absolute atomic E-state index is 8.96. The highest BCUT2D eigenvalue weighted by Gasteiger charge is 2.10. The van der Waals surface area contributed by atoms with Gasteiger partial charge in [0.2, 0.25) is 0 Å². The first kappa shape index (κ1) is 11.2. The molecule has 0 amide bonds. The smallest absolute Gasteiger partial charge is 0.122 e. The lowest BCUT2D eigenvalue weighted by molar-refractivity contribution is 0.206. The van der Waals surface area contributed by atoms with Gasteiger partial charge in [0.1, 0.15) is 5.82 Å². The molecule has 0 spiro atoms. The van der Waals surface area contributed by atoms with Crippen LogP contribution in [0.4, 0.5) is 0 Å². The van der Waals surface area contributed by atoms with E-state index in [-0.39, 0.29) is 12.5 Å². The van der Waals surface area contributed by atoms with Crippen LogP contribution < -0.4 is 5.32 Å². The monoisotopic (exact) mass is 197 g/mol. The number of aryl methyl sites for hydroxylation is 1. The maximum Gasteiger partial charge on any atom is 0.122 e. The SMILES string of the molecule is CC(CO)C(C)NCc1nccn1C. The van der Waals surface area contributed by atoms with Crippen molar-refractivity contribution in [3.05, 3.63) is 18.2 Å². The molecule has 0 aromatic carbocycles. The number of nitrogens with one attached hydrogen (secondary N) is 1. The topological polar surface area (TPSA) is 50.1 Å². The standard InChI is InChI=1S/C10H19N3O/c1-8(7-14)9(2)12-6-10-11-4-5-13(10)3/h4-5,8-9,12,14H,6-7H2,1-3H3. The van der Waals surface area contributed by atoms with Crippen molar-refractivity contribution in [3.8, 4) is 0 Å². The van der Waals surface area contributed by atoms with Crippen molar-refractivity contribution in [2.45, 2.75) is 26.4 Å².